The van der Waals surface area contributed by atoms with E-state index in [1.165, 1.54) is 22.5 Å². The summed E-state index contributed by atoms with van der Waals surface area (Å²) >= 11 is 3.40. The highest BCUT2D eigenvalue weighted by Crippen LogP contribution is 2.46. The first-order valence-electron chi connectivity index (χ1n) is 10.5. The van der Waals surface area contributed by atoms with E-state index in [0.717, 1.165) is 5.56 Å². The molecule has 8 heteroatoms. The minimum absolute atomic E-state index is 0.0902. The van der Waals surface area contributed by atoms with E-state index in [1.807, 2.05) is 13.8 Å². The van der Waals surface area contributed by atoms with E-state index in [-0.39, 0.29) is 22.6 Å². The van der Waals surface area contributed by atoms with E-state index < -0.39 is 37.7 Å². The number of ketones is 1. The molecule has 0 N–H and O–H groups in total. The maximum atomic E-state index is 13.9. The normalized spacial score (nSPS) is 21.2. The fourth-order valence-corrected chi connectivity index (χ4v) is 6.41. The van der Waals surface area contributed by atoms with Crippen molar-refractivity contribution in [2.24, 2.45) is 0 Å². The molecular formula is C24H28BrNO5S. The molecule has 32 heavy (non-hydrogen) atoms. The van der Waals surface area contributed by atoms with E-state index in [0.29, 0.717) is 6.42 Å². The molecule has 0 radical (unpaired) electrons. The predicted octanol–water partition coefficient (Wildman–Crippen LogP) is 5.03. The van der Waals surface area contributed by atoms with Crippen molar-refractivity contribution >= 4 is 43.4 Å². The fraction of sp³-hybridized carbons (Fsp3) is 0.417. The number of aryl methyl sites for hydroxylation is 1. The maximum absolute atomic E-state index is 13.9. The van der Waals surface area contributed by atoms with Crippen LogP contribution in [0, 0.1) is 6.92 Å². The SMILES string of the molecule is CCC[C@H]1N(S(=O)(=O)c2ccc(C)cc2)c2ccccc2C(=O)[C@@]1(Br)C(=O)OC(C)(C)C. The Morgan fingerprint density at radius 1 is 1.12 bits per heavy atom. The summed E-state index contributed by atoms with van der Waals surface area (Å²) in [6, 6.07) is 12.0. The summed E-state index contributed by atoms with van der Waals surface area (Å²) in [5.74, 6) is -1.30. The highest BCUT2D eigenvalue weighted by Gasteiger charge is 2.60. The third-order valence-electron chi connectivity index (χ3n) is 5.29. The number of rotatable bonds is 5. The first-order valence-corrected chi connectivity index (χ1v) is 12.7. The standard InChI is InChI=1S/C24H28BrNO5S/c1-6-9-20-24(25,22(28)31-23(3,4)5)21(27)18-10-7-8-11-19(18)26(20)32(29,30)17-14-12-16(2)13-15-17/h7-8,10-15,20H,6,9H2,1-5H3/t20-,24-/m1/s1. The number of Topliss-reactive ketones (excluding diaryl/α,β-unsaturated/α-hetero) is 1. The molecule has 6 nitrogen and oxygen atoms in total. The zero-order valence-corrected chi connectivity index (χ0v) is 21.3. The Labute approximate surface area is 198 Å². The molecule has 0 aliphatic carbocycles. The van der Waals surface area contributed by atoms with Crippen molar-refractivity contribution in [2.75, 3.05) is 4.31 Å². The Morgan fingerprint density at radius 2 is 1.72 bits per heavy atom. The van der Waals surface area contributed by atoms with Gasteiger partial charge >= 0.3 is 5.97 Å². The minimum Gasteiger partial charge on any atom is -0.459 e. The summed E-state index contributed by atoms with van der Waals surface area (Å²) in [6.45, 7) is 8.87. The second kappa shape index (κ2) is 8.63. The van der Waals surface area contributed by atoms with Gasteiger partial charge in [-0.05, 0) is 58.4 Å². The number of anilines is 1. The molecular weight excluding hydrogens is 494 g/mol. The number of para-hydroxylation sites is 1. The first kappa shape index (κ1) is 24.5. The van der Waals surface area contributed by atoms with Crippen molar-refractivity contribution in [1.82, 2.24) is 0 Å². The average molecular weight is 522 g/mol. The molecule has 1 heterocycles. The number of sulfonamides is 1. The van der Waals surface area contributed by atoms with Crippen LogP contribution in [0.5, 0.6) is 0 Å². The second-order valence-electron chi connectivity index (χ2n) is 8.98. The van der Waals surface area contributed by atoms with Crippen LogP contribution in [0.2, 0.25) is 0 Å². The lowest BCUT2D eigenvalue weighted by atomic mass is 9.83. The lowest BCUT2D eigenvalue weighted by Crippen LogP contribution is -2.64. The highest BCUT2D eigenvalue weighted by atomic mass is 79.9. The molecule has 0 aromatic heterocycles. The maximum Gasteiger partial charge on any atom is 0.333 e. The lowest BCUT2D eigenvalue weighted by Gasteiger charge is -2.45. The van der Waals surface area contributed by atoms with Gasteiger partial charge in [0.25, 0.3) is 10.0 Å². The summed E-state index contributed by atoms with van der Waals surface area (Å²) in [7, 11) is -4.09. The van der Waals surface area contributed by atoms with Gasteiger partial charge < -0.3 is 4.74 Å². The van der Waals surface area contributed by atoms with E-state index in [2.05, 4.69) is 15.9 Å². The van der Waals surface area contributed by atoms with Gasteiger partial charge in [-0.25, -0.2) is 13.2 Å². The van der Waals surface area contributed by atoms with Gasteiger partial charge in [0.2, 0.25) is 4.32 Å². The summed E-state index contributed by atoms with van der Waals surface area (Å²) in [6.07, 6.45) is 0.825. The van der Waals surface area contributed by atoms with Gasteiger partial charge in [-0.15, -0.1) is 0 Å². The van der Waals surface area contributed by atoms with Crippen LogP contribution in [-0.4, -0.2) is 36.1 Å². The van der Waals surface area contributed by atoms with Crippen LogP contribution in [-0.2, 0) is 19.6 Å². The molecule has 0 saturated carbocycles. The number of alkyl halides is 1. The first-order chi connectivity index (χ1) is 14.8. The molecule has 2 aromatic rings. The van der Waals surface area contributed by atoms with Crippen LogP contribution >= 0.6 is 15.9 Å². The van der Waals surface area contributed by atoms with Crippen LogP contribution in [0.15, 0.2) is 53.4 Å². The molecule has 3 rings (SSSR count). The number of fused-ring (bicyclic) bond motifs is 1. The molecule has 1 aliphatic rings. The van der Waals surface area contributed by atoms with E-state index in [4.69, 9.17) is 4.74 Å². The van der Waals surface area contributed by atoms with E-state index in [1.54, 1.807) is 51.1 Å². The van der Waals surface area contributed by atoms with Crippen LogP contribution in [0.1, 0.15) is 56.5 Å². The highest BCUT2D eigenvalue weighted by molar-refractivity contribution is 9.10. The van der Waals surface area contributed by atoms with Crippen LogP contribution in [0.3, 0.4) is 0 Å². The van der Waals surface area contributed by atoms with E-state index in [9.17, 15) is 18.0 Å². The largest absolute Gasteiger partial charge is 0.459 e. The molecule has 0 amide bonds. The number of halogens is 1. The van der Waals surface area contributed by atoms with Crippen LogP contribution in [0.4, 0.5) is 5.69 Å². The molecule has 0 spiro atoms. The Kier molecular flexibility index (Phi) is 6.60. The Morgan fingerprint density at radius 3 is 2.28 bits per heavy atom. The van der Waals surface area contributed by atoms with Gasteiger partial charge in [0.1, 0.15) is 5.60 Å². The van der Waals surface area contributed by atoms with Gasteiger partial charge in [-0.3, -0.25) is 9.10 Å². The van der Waals surface area contributed by atoms with Crippen molar-refractivity contribution in [3.63, 3.8) is 0 Å². The molecule has 1 aliphatic heterocycles. The third-order valence-corrected chi connectivity index (χ3v) is 8.34. The van der Waals surface area contributed by atoms with Crippen LogP contribution < -0.4 is 4.31 Å². The zero-order chi connectivity index (χ0) is 23.9. The number of hydrogen-bond donors (Lipinski definition) is 0. The monoisotopic (exact) mass is 521 g/mol. The van der Waals surface area contributed by atoms with Gasteiger partial charge in [-0.1, -0.05) is 59.1 Å². The number of carbonyl (C=O) groups is 2. The molecule has 0 bridgehead atoms. The number of nitrogens with zero attached hydrogens (tertiary/aromatic N) is 1. The molecule has 0 saturated heterocycles. The van der Waals surface area contributed by atoms with Crippen molar-refractivity contribution in [3.8, 4) is 0 Å². The molecule has 2 aromatic carbocycles. The van der Waals surface area contributed by atoms with Gasteiger partial charge in [0.05, 0.1) is 16.6 Å². The average Bonchev–Trinajstić information content (AvgIpc) is 2.71. The van der Waals surface area contributed by atoms with Crippen molar-refractivity contribution in [2.45, 2.75) is 68.3 Å². The summed E-state index contributed by atoms with van der Waals surface area (Å²) in [4.78, 5) is 27.1. The number of carbonyl (C=O) groups excluding carboxylic acids is 2. The molecule has 172 valence electrons. The Balaban J connectivity index is 2.29. The van der Waals surface area contributed by atoms with Crippen molar-refractivity contribution in [1.29, 1.82) is 0 Å². The number of esters is 1. The van der Waals surface area contributed by atoms with Gasteiger partial charge in [0, 0.05) is 5.56 Å². The van der Waals surface area contributed by atoms with Crippen molar-refractivity contribution < 1.29 is 22.7 Å². The number of benzene rings is 2. The third kappa shape index (κ3) is 4.22. The summed E-state index contributed by atoms with van der Waals surface area (Å²) in [5, 5.41) is 0. The Hall–Kier alpha value is -2.19. The quantitative estimate of drug-likeness (QED) is 0.313. The number of ether oxygens (including phenoxy) is 1. The van der Waals surface area contributed by atoms with E-state index >= 15 is 0 Å². The zero-order valence-electron chi connectivity index (χ0n) is 18.9. The molecule has 0 unspecified atom stereocenters. The second-order valence-corrected chi connectivity index (χ2v) is 12.0. The Bertz CT molecular complexity index is 1140. The van der Waals surface area contributed by atoms with Crippen molar-refractivity contribution in [3.05, 3.63) is 59.7 Å². The smallest absolute Gasteiger partial charge is 0.333 e. The lowest BCUT2D eigenvalue weighted by molar-refractivity contribution is -0.156. The minimum atomic E-state index is -4.09. The summed E-state index contributed by atoms with van der Waals surface area (Å²) in [5.41, 5.74) is 0.479. The van der Waals surface area contributed by atoms with Gasteiger partial charge in [-0.2, -0.15) is 0 Å². The summed E-state index contributed by atoms with van der Waals surface area (Å²) < 4.78 is 32.7. The van der Waals surface area contributed by atoms with Gasteiger partial charge in [0.15, 0.2) is 5.78 Å². The predicted molar refractivity (Wildman–Crippen MR) is 128 cm³/mol. The fourth-order valence-electron chi connectivity index (χ4n) is 3.83. The molecule has 0 fully saturated rings. The topological polar surface area (TPSA) is 80.8 Å². The molecule has 2 atom stereocenters. The van der Waals surface area contributed by atoms with Crippen LogP contribution in [0.25, 0.3) is 0 Å². The number of hydrogen-bond acceptors (Lipinski definition) is 5.